The smallest absolute Gasteiger partial charge is 0.213 e. The molecular formula is C24H25FN6O2. The number of ether oxygens (including phenoxy) is 1. The third-order valence-corrected chi connectivity index (χ3v) is 6.50. The zero-order valence-corrected chi connectivity index (χ0v) is 18.6. The fourth-order valence-electron chi connectivity index (χ4n) is 4.58. The van der Waals surface area contributed by atoms with Gasteiger partial charge in [0.1, 0.15) is 11.9 Å². The number of halogens is 1. The number of phenolic OH excluding ortho intramolecular Hbond substituents is 1. The van der Waals surface area contributed by atoms with E-state index in [4.69, 9.17) is 4.74 Å². The highest BCUT2D eigenvalue weighted by Crippen LogP contribution is 2.36. The summed E-state index contributed by atoms with van der Waals surface area (Å²) < 4.78 is 20.4. The SMILES string of the molecule is COc1cc(-c2ccc(-c3ncc(N(C)[C@@H]4CC5C=C[C@](C)(N5)[C@@H]4F)nn3)c(O)c2)ccn1. The van der Waals surface area contributed by atoms with E-state index < -0.39 is 11.7 Å². The first-order valence-electron chi connectivity index (χ1n) is 10.8. The molecule has 4 heterocycles. The highest BCUT2D eigenvalue weighted by atomic mass is 19.1. The topological polar surface area (TPSA) is 96.3 Å². The molecule has 2 aliphatic heterocycles. The molecule has 0 amide bonds. The van der Waals surface area contributed by atoms with Crippen molar-refractivity contribution in [2.45, 2.75) is 37.1 Å². The number of piperidine rings is 1. The van der Waals surface area contributed by atoms with Crippen molar-refractivity contribution in [2.75, 3.05) is 19.1 Å². The van der Waals surface area contributed by atoms with Gasteiger partial charge in [0.2, 0.25) is 5.88 Å². The molecule has 1 fully saturated rings. The number of rotatable bonds is 5. The third kappa shape index (κ3) is 3.78. The van der Waals surface area contributed by atoms with Crippen molar-refractivity contribution in [1.29, 1.82) is 0 Å². The maximum atomic E-state index is 15.2. The molecule has 0 saturated carbocycles. The molecule has 4 atom stereocenters. The van der Waals surface area contributed by atoms with Crippen LogP contribution in [-0.4, -0.2) is 63.2 Å². The number of hydrogen-bond donors (Lipinski definition) is 2. The molecule has 2 aliphatic rings. The first-order valence-corrected chi connectivity index (χ1v) is 10.8. The lowest BCUT2D eigenvalue weighted by Gasteiger charge is -2.43. The van der Waals surface area contributed by atoms with Crippen molar-refractivity contribution in [2.24, 2.45) is 0 Å². The van der Waals surface area contributed by atoms with Gasteiger partial charge in [-0.05, 0) is 42.7 Å². The number of hydrogen-bond acceptors (Lipinski definition) is 8. The van der Waals surface area contributed by atoms with Crippen LogP contribution in [0.2, 0.25) is 0 Å². The summed E-state index contributed by atoms with van der Waals surface area (Å²) in [6.45, 7) is 1.87. The maximum Gasteiger partial charge on any atom is 0.213 e. The molecule has 170 valence electrons. The number of fused-ring (bicyclic) bond motifs is 2. The summed E-state index contributed by atoms with van der Waals surface area (Å²) in [6, 6.07) is 8.67. The number of anilines is 1. The number of phenols is 1. The molecule has 1 unspecified atom stereocenters. The van der Waals surface area contributed by atoms with Crippen LogP contribution in [0.1, 0.15) is 13.3 Å². The largest absolute Gasteiger partial charge is 0.507 e. The Labute approximate surface area is 191 Å². The number of methoxy groups -OCH3 is 1. The van der Waals surface area contributed by atoms with Gasteiger partial charge in [0.15, 0.2) is 11.6 Å². The Hall–Kier alpha value is -3.59. The summed E-state index contributed by atoms with van der Waals surface area (Å²) in [6.07, 6.45) is 6.69. The van der Waals surface area contributed by atoms with Crippen LogP contribution in [0.4, 0.5) is 10.2 Å². The molecule has 0 spiro atoms. The van der Waals surface area contributed by atoms with E-state index in [1.54, 1.807) is 42.6 Å². The zero-order valence-electron chi connectivity index (χ0n) is 18.6. The molecule has 2 bridgehead atoms. The quantitative estimate of drug-likeness (QED) is 0.575. The normalized spacial score (nSPS) is 25.8. The van der Waals surface area contributed by atoms with E-state index in [1.165, 1.54) is 0 Å². The fraction of sp³-hybridized carbons (Fsp3) is 0.333. The molecule has 1 saturated heterocycles. The predicted octanol–water partition coefficient (Wildman–Crippen LogP) is 3.15. The second-order valence-electron chi connectivity index (χ2n) is 8.67. The standard InChI is InChI=1S/C24H25FN6O2/c1-24-8-6-16(28-24)12-18(22(24)25)31(2)20-13-27-23(30-29-20)17-5-4-14(10-19(17)32)15-7-9-26-21(11-15)33-3/h4-11,13,16,18,22,28,32H,12H2,1-3H3/t16?,18-,22-,24+/m1/s1. The van der Waals surface area contributed by atoms with Gasteiger partial charge in [0.25, 0.3) is 0 Å². The minimum atomic E-state index is -1.10. The summed E-state index contributed by atoms with van der Waals surface area (Å²) in [4.78, 5) is 10.3. The van der Waals surface area contributed by atoms with Crippen molar-refractivity contribution in [1.82, 2.24) is 25.5 Å². The Morgan fingerprint density at radius 3 is 2.73 bits per heavy atom. The van der Waals surface area contributed by atoms with Crippen LogP contribution in [0.25, 0.3) is 22.5 Å². The van der Waals surface area contributed by atoms with Crippen LogP contribution in [0.5, 0.6) is 11.6 Å². The number of pyridine rings is 1. The summed E-state index contributed by atoms with van der Waals surface area (Å²) in [5, 5.41) is 22.4. The Bertz CT molecular complexity index is 1200. The van der Waals surface area contributed by atoms with Crippen molar-refractivity contribution < 1.29 is 14.2 Å². The Morgan fingerprint density at radius 1 is 1.18 bits per heavy atom. The van der Waals surface area contributed by atoms with Crippen LogP contribution < -0.4 is 15.0 Å². The third-order valence-electron chi connectivity index (χ3n) is 6.50. The van der Waals surface area contributed by atoms with Crippen LogP contribution >= 0.6 is 0 Å². The second-order valence-corrected chi connectivity index (χ2v) is 8.67. The molecule has 0 aliphatic carbocycles. The lowest BCUT2D eigenvalue weighted by molar-refractivity contribution is 0.128. The molecule has 1 aromatic carbocycles. The Balaban J connectivity index is 1.36. The number of aromatic hydroxyl groups is 1. The van der Waals surface area contributed by atoms with Gasteiger partial charge in [-0.15, -0.1) is 10.2 Å². The number of nitrogens with one attached hydrogen (secondary N) is 1. The van der Waals surface area contributed by atoms with E-state index in [2.05, 4.69) is 25.5 Å². The minimum absolute atomic E-state index is 0.0314. The van der Waals surface area contributed by atoms with Crippen molar-refractivity contribution in [3.05, 3.63) is 54.9 Å². The summed E-state index contributed by atoms with van der Waals surface area (Å²) in [7, 11) is 3.37. The van der Waals surface area contributed by atoms with Gasteiger partial charge < -0.3 is 14.7 Å². The zero-order chi connectivity index (χ0) is 23.2. The second kappa shape index (κ2) is 8.08. The lowest BCUT2D eigenvalue weighted by atomic mass is 9.86. The number of nitrogens with zero attached hydrogens (tertiary/aromatic N) is 5. The van der Waals surface area contributed by atoms with Crippen molar-refractivity contribution in [3.8, 4) is 34.1 Å². The summed E-state index contributed by atoms with van der Waals surface area (Å²) >= 11 is 0. The van der Waals surface area contributed by atoms with Gasteiger partial charge in [0.05, 0.1) is 30.5 Å². The van der Waals surface area contributed by atoms with Crippen LogP contribution in [-0.2, 0) is 0 Å². The van der Waals surface area contributed by atoms with Gasteiger partial charge in [-0.2, -0.15) is 0 Å². The molecule has 3 aromatic rings. The maximum absolute atomic E-state index is 15.2. The van der Waals surface area contributed by atoms with E-state index >= 15 is 4.39 Å². The van der Waals surface area contributed by atoms with Crippen molar-refractivity contribution >= 4 is 5.82 Å². The molecule has 9 heteroatoms. The first kappa shape index (κ1) is 21.3. The molecule has 33 heavy (non-hydrogen) atoms. The Kier molecular flexibility index (Phi) is 5.20. The van der Waals surface area contributed by atoms with E-state index in [9.17, 15) is 5.11 Å². The Morgan fingerprint density at radius 2 is 2.00 bits per heavy atom. The predicted molar refractivity (Wildman–Crippen MR) is 123 cm³/mol. The number of aromatic nitrogens is 4. The average molecular weight is 449 g/mol. The summed E-state index contributed by atoms with van der Waals surface area (Å²) in [5.41, 5.74) is 1.45. The van der Waals surface area contributed by atoms with E-state index in [1.807, 2.05) is 38.3 Å². The molecule has 8 nitrogen and oxygen atoms in total. The van der Waals surface area contributed by atoms with Crippen LogP contribution in [0.3, 0.4) is 0 Å². The molecule has 5 rings (SSSR count). The fourth-order valence-corrected chi connectivity index (χ4v) is 4.58. The average Bonchev–Trinajstić information content (AvgIpc) is 3.18. The van der Waals surface area contributed by atoms with Gasteiger partial charge in [-0.25, -0.2) is 14.4 Å². The molecule has 0 radical (unpaired) electrons. The van der Waals surface area contributed by atoms with Crippen molar-refractivity contribution in [3.63, 3.8) is 0 Å². The first-order chi connectivity index (χ1) is 15.9. The highest BCUT2D eigenvalue weighted by Gasteiger charge is 2.48. The highest BCUT2D eigenvalue weighted by molar-refractivity contribution is 5.73. The molecular weight excluding hydrogens is 423 g/mol. The minimum Gasteiger partial charge on any atom is -0.507 e. The molecule has 2 N–H and O–H groups in total. The van der Waals surface area contributed by atoms with Crippen LogP contribution in [0, 0.1) is 0 Å². The van der Waals surface area contributed by atoms with E-state index in [0.29, 0.717) is 29.5 Å². The van der Waals surface area contributed by atoms with Gasteiger partial charge in [0, 0.05) is 25.4 Å². The number of alkyl halides is 1. The summed E-state index contributed by atoms with van der Waals surface area (Å²) in [5.74, 6) is 1.30. The lowest BCUT2D eigenvalue weighted by Crippen LogP contribution is -2.62. The monoisotopic (exact) mass is 448 g/mol. The van der Waals surface area contributed by atoms with E-state index in [0.717, 1.165) is 11.1 Å². The van der Waals surface area contributed by atoms with Gasteiger partial charge >= 0.3 is 0 Å². The molecule has 2 aromatic heterocycles. The number of benzene rings is 1. The van der Waals surface area contributed by atoms with Crippen LogP contribution in [0.15, 0.2) is 54.9 Å². The van der Waals surface area contributed by atoms with Gasteiger partial charge in [-0.1, -0.05) is 18.2 Å². The van der Waals surface area contributed by atoms with E-state index in [-0.39, 0.29) is 17.8 Å². The van der Waals surface area contributed by atoms with Gasteiger partial charge in [-0.3, -0.25) is 5.32 Å².